The van der Waals surface area contributed by atoms with Gasteiger partial charge in [0.2, 0.25) is 0 Å². The number of pyridine rings is 1. The number of fused-ring (bicyclic) bond motifs is 1. The molecule has 3 atom stereocenters. The number of nitrogens with zero attached hydrogens (tertiary/aromatic N) is 2. The van der Waals surface area contributed by atoms with Crippen molar-refractivity contribution in [1.29, 1.82) is 0 Å². The van der Waals surface area contributed by atoms with E-state index in [1.807, 2.05) is 30.5 Å². The number of likely N-dealkylation sites (tertiary alicyclic amines) is 1. The molecule has 0 saturated carbocycles. The molecule has 4 rings (SSSR count). The summed E-state index contributed by atoms with van der Waals surface area (Å²) in [6, 6.07) is 8.38. The van der Waals surface area contributed by atoms with Crippen molar-refractivity contribution in [3.8, 4) is 0 Å². The van der Waals surface area contributed by atoms with Crippen LogP contribution in [0.4, 0.5) is 26.3 Å². The molecule has 37 heavy (non-hydrogen) atoms. The van der Waals surface area contributed by atoms with Crippen LogP contribution in [0.15, 0.2) is 47.4 Å². The molecule has 9 nitrogen and oxygen atoms in total. The Hall–Kier alpha value is -3.17. The van der Waals surface area contributed by atoms with E-state index in [-0.39, 0.29) is 12.2 Å². The minimum absolute atomic E-state index is 0.106. The fraction of sp³-hybridized carbons (Fsp3) is 0.500. The van der Waals surface area contributed by atoms with Crippen LogP contribution < -0.4 is 0 Å². The first-order valence-electron chi connectivity index (χ1n) is 10.8. The second kappa shape index (κ2) is 13.4. The molecular formula is C22H24F6N2O7. The van der Waals surface area contributed by atoms with Gasteiger partial charge >= 0.3 is 24.3 Å². The molecule has 0 amide bonds. The van der Waals surface area contributed by atoms with Gasteiger partial charge in [0, 0.05) is 37.5 Å². The predicted octanol–water partition coefficient (Wildman–Crippen LogP) is 3.89. The summed E-state index contributed by atoms with van der Waals surface area (Å²) in [5.41, 5.74) is 2.17. The molecule has 2 aliphatic rings. The Balaban J connectivity index is 0.000000286. The SMILES string of the molecule is O=C(O)C(F)(F)F.O=C(O)C(F)(F)F.c1ccc(CO[C@@H]2CN(Cc3ccoc3)[C@@H]3CCCO[C@@H]32)nc1. The number of carboxylic acid groups (broad SMARTS) is 2. The second-order valence-electron chi connectivity index (χ2n) is 7.88. The van der Waals surface area contributed by atoms with Crippen molar-refractivity contribution in [2.75, 3.05) is 13.2 Å². The van der Waals surface area contributed by atoms with Gasteiger partial charge < -0.3 is 24.1 Å². The lowest BCUT2D eigenvalue weighted by molar-refractivity contribution is -0.193. The minimum atomic E-state index is -5.08. The predicted molar refractivity (Wildman–Crippen MR) is 112 cm³/mol. The van der Waals surface area contributed by atoms with E-state index in [1.54, 1.807) is 12.5 Å². The molecular weight excluding hydrogens is 518 g/mol. The summed E-state index contributed by atoms with van der Waals surface area (Å²) in [7, 11) is 0. The summed E-state index contributed by atoms with van der Waals surface area (Å²) in [4.78, 5) is 24.6. The lowest BCUT2D eigenvalue weighted by atomic mass is 10.0. The molecule has 2 saturated heterocycles. The van der Waals surface area contributed by atoms with Gasteiger partial charge in [0.05, 0.1) is 30.9 Å². The topological polar surface area (TPSA) is 122 Å². The van der Waals surface area contributed by atoms with Gasteiger partial charge in [0.15, 0.2) is 0 Å². The Morgan fingerprint density at radius 2 is 1.73 bits per heavy atom. The zero-order chi connectivity index (χ0) is 27.6. The molecule has 0 radical (unpaired) electrons. The summed E-state index contributed by atoms with van der Waals surface area (Å²) in [5, 5.41) is 14.2. The number of ether oxygens (including phenoxy) is 2. The minimum Gasteiger partial charge on any atom is -0.475 e. The monoisotopic (exact) mass is 542 g/mol. The molecule has 0 unspecified atom stereocenters. The molecule has 0 bridgehead atoms. The summed E-state index contributed by atoms with van der Waals surface area (Å²) in [6.07, 6.45) is -2.25. The van der Waals surface area contributed by atoms with E-state index >= 15 is 0 Å². The van der Waals surface area contributed by atoms with Crippen LogP contribution in [-0.4, -0.2) is 75.8 Å². The number of carboxylic acids is 2. The zero-order valence-electron chi connectivity index (χ0n) is 19.1. The van der Waals surface area contributed by atoms with Crippen molar-refractivity contribution < 1.29 is 60.0 Å². The molecule has 2 aliphatic heterocycles. The Bertz CT molecular complexity index is 946. The molecule has 2 aromatic rings. The Labute approximate surface area is 206 Å². The average Bonchev–Trinajstić information content (AvgIpc) is 3.46. The van der Waals surface area contributed by atoms with Crippen LogP contribution in [0.3, 0.4) is 0 Å². The van der Waals surface area contributed by atoms with Gasteiger partial charge in [-0.3, -0.25) is 9.88 Å². The van der Waals surface area contributed by atoms with Gasteiger partial charge in [0.25, 0.3) is 0 Å². The fourth-order valence-corrected chi connectivity index (χ4v) is 3.63. The third kappa shape index (κ3) is 10.0. The highest BCUT2D eigenvalue weighted by Gasteiger charge is 2.44. The van der Waals surface area contributed by atoms with E-state index in [0.717, 1.165) is 31.8 Å². The van der Waals surface area contributed by atoms with Crippen LogP contribution in [0.1, 0.15) is 24.1 Å². The second-order valence-corrected chi connectivity index (χ2v) is 7.88. The first kappa shape index (κ1) is 30.1. The number of furan rings is 1. The summed E-state index contributed by atoms with van der Waals surface area (Å²) < 4.78 is 80.9. The summed E-state index contributed by atoms with van der Waals surface area (Å²) >= 11 is 0. The molecule has 206 valence electrons. The van der Waals surface area contributed by atoms with Crippen molar-refractivity contribution in [2.24, 2.45) is 0 Å². The standard InChI is InChI=1S/C18H22N2O3.2C2HF3O2/c1-2-7-19-15(4-1)13-23-17-11-20(10-14-6-9-21-12-14)16-5-3-8-22-18(16)17;2*3-2(4,5)1(6)7/h1-2,4,6-7,9,12,16-18H,3,5,8,10-11,13H2;2*(H,6,7)/t16-,17-,18+;;/m1../s1. The van der Waals surface area contributed by atoms with Crippen LogP contribution in [0.2, 0.25) is 0 Å². The highest BCUT2D eigenvalue weighted by Crippen LogP contribution is 2.32. The molecule has 0 spiro atoms. The molecule has 0 aromatic carbocycles. The van der Waals surface area contributed by atoms with Gasteiger partial charge in [-0.05, 0) is 31.0 Å². The quantitative estimate of drug-likeness (QED) is 0.542. The highest BCUT2D eigenvalue weighted by atomic mass is 19.4. The molecule has 2 fully saturated rings. The lowest BCUT2D eigenvalue weighted by Gasteiger charge is -2.32. The van der Waals surface area contributed by atoms with Gasteiger partial charge in [-0.2, -0.15) is 26.3 Å². The van der Waals surface area contributed by atoms with Gasteiger partial charge in [0.1, 0.15) is 6.10 Å². The Kier molecular flexibility index (Phi) is 10.9. The van der Waals surface area contributed by atoms with Gasteiger partial charge in [-0.15, -0.1) is 0 Å². The smallest absolute Gasteiger partial charge is 0.475 e. The van der Waals surface area contributed by atoms with Crippen molar-refractivity contribution in [2.45, 2.75) is 56.6 Å². The zero-order valence-corrected chi connectivity index (χ0v) is 19.1. The number of carbonyl (C=O) groups is 2. The number of hydrogen-bond acceptors (Lipinski definition) is 7. The average molecular weight is 542 g/mol. The van der Waals surface area contributed by atoms with Crippen molar-refractivity contribution in [3.05, 3.63) is 54.2 Å². The number of rotatable bonds is 5. The maximum atomic E-state index is 10.6. The number of halogens is 6. The Morgan fingerprint density at radius 3 is 2.24 bits per heavy atom. The normalized spacial score (nSPS) is 21.6. The number of hydrogen-bond donors (Lipinski definition) is 2. The summed E-state index contributed by atoms with van der Waals surface area (Å²) in [6.45, 7) is 3.17. The van der Waals surface area contributed by atoms with Crippen LogP contribution >= 0.6 is 0 Å². The van der Waals surface area contributed by atoms with Crippen molar-refractivity contribution >= 4 is 11.9 Å². The number of alkyl halides is 6. The van der Waals surface area contributed by atoms with E-state index in [2.05, 4.69) is 9.88 Å². The van der Waals surface area contributed by atoms with E-state index in [4.69, 9.17) is 33.7 Å². The van der Waals surface area contributed by atoms with E-state index < -0.39 is 24.3 Å². The lowest BCUT2D eigenvalue weighted by Crippen LogP contribution is -2.41. The van der Waals surface area contributed by atoms with Crippen molar-refractivity contribution in [1.82, 2.24) is 9.88 Å². The van der Waals surface area contributed by atoms with Gasteiger partial charge in [-0.25, -0.2) is 9.59 Å². The third-order valence-corrected chi connectivity index (χ3v) is 5.21. The third-order valence-electron chi connectivity index (χ3n) is 5.21. The largest absolute Gasteiger partial charge is 0.490 e. The molecule has 4 heterocycles. The maximum Gasteiger partial charge on any atom is 0.490 e. The highest BCUT2D eigenvalue weighted by molar-refractivity contribution is 5.73. The first-order valence-corrected chi connectivity index (χ1v) is 10.8. The van der Waals surface area contributed by atoms with Crippen LogP contribution in [0, 0.1) is 0 Å². The summed E-state index contributed by atoms with van der Waals surface area (Å²) in [5.74, 6) is -5.51. The van der Waals surface area contributed by atoms with Crippen LogP contribution in [0.5, 0.6) is 0 Å². The van der Waals surface area contributed by atoms with Crippen molar-refractivity contribution in [3.63, 3.8) is 0 Å². The molecule has 2 N–H and O–H groups in total. The first-order chi connectivity index (χ1) is 17.3. The van der Waals surface area contributed by atoms with E-state index in [9.17, 15) is 26.3 Å². The van der Waals surface area contributed by atoms with Crippen LogP contribution in [-0.2, 0) is 32.2 Å². The number of aliphatic carboxylic acids is 2. The molecule has 2 aromatic heterocycles. The van der Waals surface area contributed by atoms with E-state index in [0.29, 0.717) is 12.6 Å². The number of aromatic nitrogens is 1. The van der Waals surface area contributed by atoms with Crippen LogP contribution in [0.25, 0.3) is 0 Å². The molecule has 15 heteroatoms. The maximum absolute atomic E-state index is 10.6. The molecule has 0 aliphatic carbocycles. The Morgan fingerprint density at radius 1 is 1.08 bits per heavy atom. The van der Waals surface area contributed by atoms with Gasteiger partial charge in [-0.1, -0.05) is 6.07 Å². The fourth-order valence-electron chi connectivity index (χ4n) is 3.63. The van der Waals surface area contributed by atoms with E-state index in [1.165, 1.54) is 12.0 Å².